The van der Waals surface area contributed by atoms with Crippen LogP contribution in [0.1, 0.15) is 23.2 Å². The van der Waals surface area contributed by atoms with Crippen molar-refractivity contribution in [1.29, 1.82) is 0 Å². The number of hydrogen-bond acceptors (Lipinski definition) is 4. The molecule has 1 fully saturated rings. The Morgan fingerprint density at radius 1 is 1.26 bits per heavy atom. The van der Waals surface area contributed by atoms with Crippen LogP contribution < -0.4 is 9.47 Å². The van der Waals surface area contributed by atoms with Crippen molar-refractivity contribution in [2.24, 2.45) is 0 Å². The molecular formula is C14H17NO4. The van der Waals surface area contributed by atoms with Gasteiger partial charge in [-0.1, -0.05) is 0 Å². The molecule has 19 heavy (non-hydrogen) atoms. The Kier molecular flexibility index (Phi) is 3.29. The van der Waals surface area contributed by atoms with Crippen LogP contribution in [0.25, 0.3) is 0 Å². The number of β-amino-alcohol motifs (C(OH)–C–C–N with tert-alkyl or cyclic N) is 1. The van der Waals surface area contributed by atoms with Crippen LogP contribution in [-0.2, 0) is 0 Å². The van der Waals surface area contributed by atoms with Crippen LogP contribution in [0, 0.1) is 0 Å². The zero-order valence-corrected chi connectivity index (χ0v) is 10.7. The molecular weight excluding hydrogens is 246 g/mol. The number of hydrogen-bond donors (Lipinski definition) is 1. The Morgan fingerprint density at radius 2 is 2.05 bits per heavy atom. The van der Waals surface area contributed by atoms with Crippen molar-refractivity contribution in [2.75, 3.05) is 26.3 Å². The first-order valence-corrected chi connectivity index (χ1v) is 6.61. The number of rotatable bonds is 1. The molecule has 102 valence electrons. The highest BCUT2D eigenvalue weighted by Gasteiger charge is 2.26. The first kappa shape index (κ1) is 12.3. The van der Waals surface area contributed by atoms with E-state index in [-0.39, 0.29) is 5.91 Å². The first-order valence-electron chi connectivity index (χ1n) is 6.61. The lowest BCUT2D eigenvalue weighted by Crippen LogP contribution is -2.29. The van der Waals surface area contributed by atoms with E-state index in [0.717, 1.165) is 6.42 Å². The summed E-state index contributed by atoms with van der Waals surface area (Å²) in [5.74, 6) is 1.26. The maximum atomic E-state index is 12.3. The number of nitrogens with zero attached hydrogens (tertiary/aromatic N) is 1. The van der Waals surface area contributed by atoms with Crippen molar-refractivity contribution in [3.63, 3.8) is 0 Å². The topological polar surface area (TPSA) is 59.0 Å². The lowest BCUT2D eigenvalue weighted by atomic mass is 10.1. The fourth-order valence-corrected chi connectivity index (χ4v) is 2.41. The molecule has 1 N–H and O–H groups in total. The Morgan fingerprint density at radius 3 is 2.79 bits per heavy atom. The van der Waals surface area contributed by atoms with Crippen molar-refractivity contribution in [3.8, 4) is 11.5 Å². The summed E-state index contributed by atoms with van der Waals surface area (Å²) in [5, 5.41) is 9.49. The van der Waals surface area contributed by atoms with Crippen molar-refractivity contribution >= 4 is 5.91 Å². The zero-order valence-electron chi connectivity index (χ0n) is 10.7. The molecule has 3 rings (SSSR count). The third kappa shape index (κ3) is 2.51. The molecule has 0 bridgehead atoms. The SMILES string of the molecule is O=C(c1ccc2c(c1)OCCCO2)N1CCC(O)C1. The van der Waals surface area contributed by atoms with E-state index in [9.17, 15) is 9.90 Å². The molecule has 0 saturated carbocycles. The van der Waals surface area contributed by atoms with Gasteiger partial charge >= 0.3 is 0 Å². The lowest BCUT2D eigenvalue weighted by Gasteiger charge is -2.16. The molecule has 5 nitrogen and oxygen atoms in total. The van der Waals surface area contributed by atoms with Gasteiger partial charge in [-0.25, -0.2) is 0 Å². The summed E-state index contributed by atoms with van der Waals surface area (Å²) in [7, 11) is 0. The Labute approximate surface area is 111 Å². The van der Waals surface area contributed by atoms with Crippen LogP contribution in [-0.4, -0.2) is 48.3 Å². The summed E-state index contributed by atoms with van der Waals surface area (Å²) in [6.07, 6.45) is 1.09. The molecule has 0 spiro atoms. The second-order valence-corrected chi connectivity index (χ2v) is 4.91. The van der Waals surface area contributed by atoms with E-state index in [1.807, 2.05) is 0 Å². The zero-order chi connectivity index (χ0) is 13.2. The third-order valence-electron chi connectivity index (χ3n) is 3.45. The summed E-state index contributed by atoms with van der Waals surface area (Å²) in [4.78, 5) is 14.0. The number of aliphatic hydroxyl groups excluding tert-OH is 1. The summed E-state index contributed by atoms with van der Waals surface area (Å²) in [6.45, 7) is 2.26. The predicted molar refractivity (Wildman–Crippen MR) is 68.6 cm³/mol. The summed E-state index contributed by atoms with van der Waals surface area (Å²) < 4.78 is 11.1. The number of carbonyl (C=O) groups is 1. The summed E-state index contributed by atoms with van der Waals surface area (Å²) >= 11 is 0. The molecule has 1 aromatic carbocycles. The molecule has 1 unspecified atom stereocenters. The maximum Gasteiger partial charge on any atom is 0.254 e. The van der Waals surface area contributed by atoms with Crippen LogP contribution in [0.15, 0.2) is 18.2 Å². The number of aliphatic hydroxyl groups is 1. The average molecular weight is 263 g/mol. The van der Waals surface area contributed by atoms with Crippen molar-refractivity contribution in [1.82, 2.24) is 4.90 Å². The minimum Gasteiger partial charge on any atom is -0.490 e. The number of fused-ring (bicyclic) bond motifs is 1. The predicted octanol–water partition coefficient (Wildman–Crippen LogP) is 1.05. The molecule has 0 aromatic heterocycles. The van der Waals surface area contributed by atoms with Gasteiger partial charge in [0.25, 0.3) is 5.91 Å². The minimum absolute atomic E-state index is 0.0628. The van der Waals surface area contributed by atoms with E-state index >= 15 is 0 Å². The standard InChI is InChI=1S/C14H17NO4/c16-11-4-5-15(9-11)14(17)10-2-3-12-13(8-10)19-7-1-6-18-12/h2-3,8,11,16H,1,4-7,9H2. The van der Waals surface area contributed by atoms with Crippen molar-refractivity contribution in [2.45, 2.75) is 18.9 Å². The average Bonchev–Trinajstić information content (AvgIpc) is 2.72. The highest BCUT2D eigenvalue weighted by atomic mass is 16.5. The summed E-state index contributed by atoms with van der Waals surface area (Å²) in [6, 6.07) is 5.26. The van der Waals surface area contributed by atoms with Gasteiger partial charge in [0.2, 0.25) is 0 Å². The maximum absolute atomic E-state index is 12.3. The van der Waals surface area contributed by atoms with E-state index < -0.39 is 6.10 Å². The highest BCUT2D eigenvalue weighted by Crippen LogP contribution is 2.31. The second-order valence-electron chi connectivity index (χ2n) is 4.91. The highest BCUT2D eigenvalue weighted by molar-refractivity contribution is 5.95. The number of carbonyl (C=O) groups excluding carboxylic acids is 1. The van der Waals surface area contributed by atoms with E-state index in [1.165, 1.54) is 0 Å². The third-order valence-corrected chi connectivity index (χ3v) is 3.45. The van der Waals surface area contributed by atoms with Crippen LogP contribution in [0.5, 0.6) is 11.5 Å². The summed E-state index contributed by atoms with van der Waals surface area (Å²) in [5.41, 5.74) is 0.582. The molecule has 0 aliphatic carbocycles. The van der Waals surface area contributed by atoms with E-state index in [1.54, 1.807) is 23.1 Å². The molecule has 0 radical (unpaired) electrons. The van der Waals surface area contributed by atoms with Crippen LogP contribution in [0.4, 0.5) is 0 Å². The largest absolute Gasteiger partial charge is 0.490 e. The van der Waals surface area contributed by atoms with Gasteiger partial charge in [-0.2, -0.15) is 0 Å². The van der Waals surface area contributed by atoms with E-state index in [2.05, 4.69) is 0 Å². The monoisotopic (exact) mass is 263 g/mol. The first-order chi connectivity index (χ1) is 9.24. The molecule has 5 heteroatoms. The van der Waals surface area contributed by atoms with Gasteiger partial charge < -0.3 is 19.5 Å². The fourth-order valence-electron chi connectivity index (χ4n) is 2.41. The molecule has 1 atom stereocenters. The van der Waals surface area contributed by atoms with Gasteiger partial charge in [-0.3, -0.25) is 4.79 Å². The second kappa shape index (κ2) is 5.09. The normalized spacial score (nSPS) is 22.2. The quantitative estimate of drug-likeness (QED) is 0.823. The van der Waals surface area contributed by atoms with Gasteiger partial charge in [0.05, 0.1) is 19.3 Å². The Hall–Kier alpha value is -1.75. The fraction of sp³-hybridized carbons (Fsp3) is 0.500. The molecule has 2 aliphatic rings. The van der Waals surface area contributed by atoms with Gasteiger partial charge in [-0.05, 0) is 24.6 Å². The van der Waals surface area contributed by atoms with Crippen molar-refractivity contribution in [3.05, 3.63) is 23.8 Å². The molecule has 1 saturated heterocycles. The molecule has 1 amide bonds. The van der Waals surface area contributed by atoms with Gasteiger partial charge in [0, 0.05) is 25.1 Å². The van der Waals surface area contributed by atoms with Gasteiger partial charge in [-0.15, -0.1) is 0 Å². The Balaban J connectivity index is 1.81. The number of benzene rings is 1. The Bertz CT molecular complexity index is 488. The van der Waals surface area contributed by atoms with E-state index in [0.29, 0.717) is 49.8 Å². The van der Waals surface area contributed by atoms with E-state index in [4.69, 9.17) is 9.47 Å². The number of ether oxygens (including phenoxy) is 2. The lowest BCUT2D eigenvalue weighted by molar-refractivity contribution is 0.0764. The van der Waals surface area contributed by atoms with Crippen molar-refractivity contribution < 1.29 is 19.4 Å². The van der Waals surface area contributed by atoms with Crippen LogP contribution >= 0.6 is 0 Å². The van der Waals surface area contributed by atoms with Gasteiger partial charge in [0.15, 0.2) is 11.5 Å². The molecule has 1 aromatic rings. The molecule has 2 aliphatic heterocycles. The number of likely N-dealkylation sites (tertiary alicyclic amines) is 1. The minimum atomic E-state index is -0.399. The van der Waals surface area contributed by atoms with Gasteiger partial charge in [0.1, 0.15) is 0 Å². The molecule has 2 heterocycles. The smallest absolute Gasteiger partial charge is 0.254 e. The number of amides is 1. The van der Waals surface area contributed by atoms with Crippen LogP contribution in [0.3, 0.4) is 0 Å². The van der Waals surface area contributed by atoms with Crippen LogP contribution in [0.2, 0.25) is 0 Å².